The number of benzene rings is 2. The molecule has 2 N–H and O–H groups in total. The first-order chi connectivity index (χ1) is 10.9. The molecule has 116 valence electrons. The van der Waals surface area contributed by atoms with Crippen LogP contribution in [0.25, 0.3) is 10.9 Å². The molecular formula is C16H10ClFN2O3. The van der Waals surface area contributed by atoms with E-state index in [0.29, 0.717) is 16.8 Å². The summed E-state index contributed by atoms with van der Waals surface area (Å²) in [5.74, 6) is -1.28. The Hall–Kier alpha value is -2.73. The van der Waals surface area contributed by atoms with Crippen LogP contribution in [0.4, 0.5) is 4.39 Å². The zero-order valence-electron chi connectivity index (χ0n) is 11.6. The highest BCUT2D eigenvalue weighted by Gasteiger charge is 2.09. The van der Waals surface area contributed by atoms with Crippen molar-refractivity contribution in [1.82, 2.24) is 9.97 Å². The highest BCUT2D eigenvalue weighted by molar-refractivity contribution is 6.30. The average Bonchev–Trinajstić information content (AvgIpc) is 2.50. The summed E-state index contributed by atoms with van der Waals surface area (Å²) in [6.45, 7) is 0. The topological polar surface area (TPSA) is 83.0 Å². The number of hydrogen-bond acceptors (Lipinski definition) is 3. The fourth-order valence-electron chi connectivity index (χ4n) is 2.25. The van der Waals surface area contributed by atoms with Gasteiger partial charge in [0.05, 0.1) is 21.5 Å². The molecule has 0 aliphatic heterocycles. The van der Waals surface area contributed by atoms with Gasteiger partial charge in [0.15, 0.2) is 0 Å². The molecule has 0 aliphatic carbocycles. The van der Waals surface area contributed by atoms with E-state index in [1.54, 1.807) is 6.07 Å². The molecule has 1 heterocycles. The van der Waals surface area contributed by atoms with Crippen LogP contribution in [0.2, 0.25) is 5.02 Å². The van der Waals surface area contributed by atoms with E-state index in [1.807, 2.05) is 0 Å². The molecule has 2 aromatic carbocycles. The Bertz CT molecular complexity index is 985. The van der Waals surface area contributed by atoms with Crippen molar-refractivity contribution in [3.8, 4) is 0 Å². The zero-order chi connectivity index (χ0) is 16.6. The van der Waals surface area contributed by atoms with Crippen molar-refractivity contribution in [2.45, 2.75) is 6.42 Å². The van der Waals surface area contributed by atoms with Crippen LogP contribution in [0.1, 0.15) is 21.7 Å². The summed E-state index contributed by atoms with van der Waals surface area (Å²) in [5.41, 5.74) is 0.645. The van der Waals surface area contributed by atoms with Crippen LogP contribution in [0.5, 0.6) is 0 Å². The largest absolute Gasteiger partial charge is 0.478 e. The molecule has 7 heteroatoms. The van der Waals surface area contributed by atoms with Gasteiger partial charge in [-0.1, -0.05) is 17.7 Å². The quantitative estimate of drug-likeness (QED) is 0.772. The number of aromatic amines is 1. The van der Waals surface area contributed by atoms with Gasteiger partial charge in [-0.2, -0.15) is 0 Å². The summed E-state index contributed by atoms with van der Waals surface area (Å²) in [7, 11) is 0. The van der Waals surface area contributed by atoms with E-state index >= 15 is 0 Å². The molecule has 5 nitrogen and oxygen atoms in total. The molecule has 0 saturated heterocycles. The molecule has 0 amide bonds. The second-order valence-electron chi connectivity index (χ2n) is 4.97. The van der Waals surface area contributed by atoms with Crippen molar-refractivity contribution in [2.75, 3.05) is 0 Å². The Balaban J connectivity index is 2.05. The molecule has 23 heavy (non-hydrogen) atoms. The van der Waals surface area contributed by atoms with E-state index in [4.69, 9.17) is 16.7 Å². The Kier molecular flexibility index (Phi) is 3.83. The van der Waals surface area contributed by atoms with E-state index in [9.17, 15) is 14.0 Å². The highest BCUT2D eigenvalue weighted by Crippen LogP contribution is 2.18. The Labute approximate surface area is 134 Å². The third kappa shape index (κ3) is 3.07. The molecule has 0 aliphatic rings. The van der Waals surface area contributed by atoms with Crippen LogP contribution in [0.15, 0.2) is 41.2 Å². The lowest BCUT2D eigenvalue weighted by Crippen LogP contribution is -2.13. The van der Waals surface area contributed by atoms with Crippen molar-refractivity contribution in [3.05, 3.63) is 74.5 Å². The Morgan fingerprint density at radius 1 is 1.26 bits per heavy atom. The minimum absolute atomic E-state index is 0.0150. The number of carboxylic acid groups (broad SMARTS) is 1. The van der Waals surface area contributed by atoms with Crippen molar-refractivity contribution in [2.24, 2.45) is 0 Å². The number of carbonyl (C=O) groups is 1. The van der Waals surface area contributed by atoms with Crippen LogP contribution < -0.4 is 5.56 Å². The maximum absolute atomic E-state index is 13.2. The third-order valence-corrected chi connectivity index (χ3v) is 3.65. The molecule has 0 fully saturated rings. The summed E-state index contributed by atoms with van der Waals surface area (Å²) in [5, 5.41) is 9.30. The predicted molar refractivity (Wildman–Crippen MR) is 83.5 cm³/mol. The molecular weight excluding hydrogens is 323 g/mol. The number of nitrogens with one attached hydrogen (secondary N) is 1. The molecule has 0 radical (unpaired) electrons. The van der Waals surface area contributed by atoms with Crippen molar-refractivity contribution in [3.63, 3.8) is 0 Å². The zero-order valence-corrected chi connectivity index (χ0v) is 12.4. The van der Waals surface area contributed by atoms with Crippen LogP contribution in [-0.4, -0.2) is 21.0 Å². The first-order valence-electron chi connectivity index (χ1n) is 6.64. The number of nitrogens with zero attached hydrogens (tertiary/aromatic N) is 1. The van der Waals surface area contributed by atoms with Gasteiger partial charge in [-0.15, -0.1) is 0 Å². The third-order valence-electron chi connectivity index (χ3n) is 3.36. The maximum atomic E-state index is 13.2. The van der Waals surface area contributed by atoms with E-state index in [0.717, 1.165) is 0 Å². The number of hydrogen-bond donors (Lipinski definition) is 2. The maximum Gasteiger partial charge on any atom is 0.335 e. The number of halogens is 2. The van der Waals surface area contributed by atoms with E-state index in [1.165, 1.54) is 30.3 Å². The molecule has 0 unspecified atom stereocenters. The van der Waals surface area contributed by atoms with Gasteiger partial charge in [-0.05, 0) is 35.9 Å². The lowest BCUT2D eigenvalue weighted by molar-refractivity contribution is 0.0697. The summed E-state index contributed by atoms with van der Waals surface area (Å²) in [6, 6.07) is 8.34. The molecule has 1 aromatic heterocycles. The van der Waals surface area contributed by atoms with Crippen LogP contribution in [-0.2, 0) is 6.42 Å². The highest BCUT2D eigenvalue weighted by atomic mass is 35.5. The van der Waals surface area contributed by atoms with Crippen LogP contribution in [0, 0.1) is 5.82 Å². The molecule has 3 rings (SSSR count). The standard InChI is InChI=1S/C16H10ClFN2O3/c17-11-5-8(1-4-12(11)18)6-14-19-13-7-9(16(22)23)2-3-10(13)15(21)20-14/h1-5,7H,6H2,(H,22,23)(H,19,20,21). The second-order valence-corrected chi connectivity index (χ2v) is 5.38. The van der Waals surface area contributed by atoms with Crippen LogP contribution >= 0.6 is 11.6 Å². The van der Waals surface area contributed by atoms with Gasteiger partial charge in [0.2, 0.25) is 0 Å². The minimum atomic E-state index is -1.10. The predicted octanol–water partition coefficient (Wildman–Crippen LogP) is 3.00. The summed E-state index contributed by atoms with van der Waals surface area (Å²) >= 11 is 5.73. The van der Waals surface area contributed by atoms with Crippen molar-refractivity contribution in [1.29, 1.82) is 0 Å². The Morgan fingerprint density at radius 3 is 2.74 bits per heavy atom. The van der Waals surface area contributed by atoms with Gasteiger partial charge in [0.25, 0.3) is 5.56 Å². The van der Waals surface area contributed by atoms with Gasteiger partial charge in [0, 0.05) is 6.42 Å². The molecule has 0 atom stereocenters. The summed E-state index contributed by atoms with van der Waals surface area (Å²) in [6.07, 6.45) is 0.239. The minimum Gasteiger partial charge on any atom is -0.478 e. The van der Waals surface area contributed by atoms with Gasteiger partial charge in [-0.3, -0.25) is 4.79 Å². The average molecular weight is 333 g/mol. The first-order valence-corrected chi connectivity index (χ1v) is 7.02. The van der Waals surface area contributed by atoms with Gasteiger partial charge < -0.3 is 10.1 Å². The number of aromatic nitrogens is 2. The smallest absolute Gasteiger partial charge is 0.335 e. The lowest BCUT2D eigenvalue weighted by atomic mass is 10.1. The number of H-pyrrole nitrogens is 1. The summed E-state index contributed by atoms with van der Waals surface area (Å²) in [4.78, 5) is 30.0. The van der Waals surface area contributed by atoms with E-state index in [-0.39, 0.29) is 28.1 Å². The van der Waals surface area contributed by atoms with Crippen molar-refractivity contribution >= 4 is 28.5 Å². The number of fused-ring (bicyclic) bond motifs is 1. The lowest BCUT2D eigenvalue weighted by Gasteiger charge is -2.05. The van der Waals surface area contributed by atoms with Gasteiger partial charge in [-0.25, -0.2) is 14.2 Å². The molecule has 3 aromatic rings. The fraction of sp³-hybridized carbons (Fsp3) is 0.0625. The fourth-order valence-corrected chi connectivity index (χ4v) is 2.45. The number of aromatic carboxylic acids is 1. The van der Waals surface area contributed by atoms with E-state index in [2.05, 4.69) is 9.97 Å². The van der Waals surface area contributed by atoms with Gasteiger partial charge >= 0.3 is 5.97 Å². The normalized spacial score (nSPS) is 10.9. The van der Waals surface area contributed by atoms with Crippen molar-refractivity contribution < 1.29 is 14.3 Å². The number of rotatable bonds is 3. The monoisotopic (exact) mass is 332 g/mol. The number of carboxylic acids is 1. The molecule has 0 spiro atoms. The van der Waals surface area contributed by atoms with E-state index < -0.39 is 11.8 Å². The SMILES string of the molecule is O=C(O)c1ccc2c(=O)[nH]c(Cc3ccc(F)c(Cl)c3)nc2c1. The second kappa shape index (κ2) is 5.81. The molecule has 0 bridgehead atoms. The first kappa shape index (κ1) is 15.2. The molecule has 0 saturated carbocycles. The van der Waals surface area contributed by atoms with Gasteiger partial charge in [0.1, 0.15) is 11.6 Å². The summed E-state index contributed by atoms with van der Waals surface area (Å²) < 4.78 is 13.2. The van der Waals surface area contributed by atoms with Crippen LogP contribution in [0.3, 0.4) is 0 Å². The Morgan fingerprint density at radius 2 is 2.04 bits per heavy atom.